The molecule has 4 N–H and O–H groups in total. The van der Waals surface area contributed by atoms with Gasteiger partial charge in [0.15, 0.2) is 11.6 Å². The number of nitrogens with two attached hydrogens (primary N) is 1. The third-order valence-electron chi connectivity index (χ3n) is 2.87. The lowest BCUT2D eigenvalue weighted by molar-refractivity contribution is 0.0698. The molecule has 0 aliphatic rings. The number of halogens is 3. The molecule has 0 amide bonds. The number of carbonyl (C=O) groups is 1. The molecule has 21 heavy (non-hydrogen) atoms. The molecule has 0 atom stereocenters. The van der Waals surface area contributed by atoms with E-state index in [-0.39, 0.29) is 12.2 Å². The van der Waals surface area contributed by atoms with Crippen molar-refractivity contribution < 1.29 is 23.1 Å². The molecule has 0 radical (unpaired) electrons. The first-order chi connectivity index (χ1) is 9.90. The van der Waals surface area contributed by atoms with Gasteiger partial charge in [-0.25, -0.2) is 18.0 Å². The van der Waals surface area contributed by atoms with Gasteiger partial charge < -0.3 is 16.2 Å². The molecule has 0 bridgehead atoms. The average molecular weight is 296 g/mol. The number of hydrogen-bond acceptors (Lipinski definition) is 3. The molecule has 2 rings (SSSR count). The quantitative estimate of drug-likeness (QED) is 0.758. The largest absolute Gasteiger partial charge is 0.478 e. The van der Waals surface area contributed by atoms with Crippen molar-refractivity contribution in [3.05, 3.63) is 58.9 Å². The lowest BCUT2D eigenvalue weighted by atomic mass is 10.1. The third kappa shape index (κ3) is 3.07. The van der Waals surface area contributed by atoms with Crippen molar-refractivity contribution in [3.8, 4) is 0 Å². The number of benzene rings is 2. The number of aromatic carboxylic acids is 1. The molecule has 0 aromatic heterocycles. The van der Waals surface area contributed by atoms with E-state index in [0.29, 0.717) is 5.56 Å². The van der Waals surface area contributed by atoms with Crippen molar-refractivity contribution in [1.82, 2.24) is 0 Å². The maximum Gasteiger partial charge on any atom is 0.340 e. The minimum absolute atomic E-state index is 0.0303. The topological polar surface area (TPSA) is 75.3 Å². The van der Waals surface area contributed by atoms with Crippen molar-refractivity contribution >= 4 is 17.3 Å². The summed E-state index contributed by atoms with van der Waals surface area (Å²) in [5.74, 6) is -4.21. The Hall–Kier alpha value is -2.70. The molecule has 2 aromatic rings. The van der Waals surface area contributed by atoms with Gasteiger partial charge in [0.2, 0.25) is 0 Å². The van der Waals surface area contributed by atoms with Crippen molar-refractivity contribution in [2.24, 2.45) is 0 Å². The second-order valence-electron chi connectivity index (χ2n) is 4.29. The molecule has 0 spiro atoms. The van der Waals surface area contributed by atoms with E-state index in [9.17, 15) is 18.0 Å². The molecular weight excluding hydrogens is 285 g/mol. The Balaban J connectivity index is 2.26. The summed E-state index contributed by atoms with van der Waals surface area (Å²) in [6.45, 7) is 0.0303. The maximum absolute atomic E-state index is 13.3. The van der Waals surface area contributed by atoms with Gasteiger partial charge in [-0.3, -0.25) is 0 Å². The van der Waals surface area contributed by atoms with Crippen LogP contribution in [-0.2, 0) is 6.54 Å². The van der Waals surface area contributed by atoms with Gasteiger partial charge >= 0.3 is 5.97 Å². The molecule has 0 aliphatic heterocycles. The van der Waals surface area contributed by atoms with Crippen molar-refractivity contribution in [2.75, 3.05) is 11.1 Å². The molecule has 0 saturated carbocycles. The highest BCUT2D eigenvalue weighted by Gasteiger charge is 2.17. The Bertz CT molecular complexity index is 705. The third-order valence-corrected chi connectivity index (χ3v) is 2.87. The summed E-state index contributed by atoms with van der Waals surface area (Å²) < 4.78 is 39.1. The van der Waals surface area contributed by atoms with Gasteiger partial charge in [-0.2, -0.15) is 0 Å². The van der Waals surface area contributed by atoms with Crippen LogP contribution in [0.4, 0.5) is 24.5 Å². The first-order valence-electron chi connectivity index (χ1n) is 5.89. The van der Waals surface area contributed by atoms with Crippen LogP contribution in [0.1, 0.15) is 15.9 Å². The van der Waals surface area contributed by atoms with Crippen LogP contribution < -0.4 is 11.1 Å². The monoisotopic (exact) mass is 296 g/mol. The van der Waals surface area contributed by atoms with Crippen LogP contribution in [0.25, 0.3) is 0 Å². The molecule has 0 saturated heterocycles. The van der Waals surface area contributed by atoms with Gasteiger partial charge in [-0.15, -0.1) is 0 Å². The van der Waals surface area contributed by atoms with Crippen LogP contribution in [0.5, 0.6) is 0 Å². The Kier molecular flexibility index (Phi) is 4.02. The van der Waals surface area contributed by atoms with Crippen LogP contribution >= 0.6 is 0 Å². The van der Waals surface area contributed by atoms with Crippen LogP contribution in [0.3, 0.4) is 0 Å². The van der Waals surface area contributed by atoms with Gasteiger partial charge in [-0.05, 0) is 29.8 Å². The summed E-state index contributed by atoms with van der Waals surface area (Å²) in [5, 5.41) is 11.8. The summed E-state index contributed by atoms with van der Waals surface area (Å²) in [6.07, 6.45) is 0. The number of rotatable bonds is 4. The van der Waals surface area contributed by atoms with Gasteiger partial charge in [0.05, 0.1) is 11.4 Å². The number of anilines is 2. The summed E-state index contributed by atoms with van der Waals surface area (Å²) in [7, 11) is 0. The Morgan fingerprint density at radius 2 is 1.76 bits per heavy atom. The molecule has 0 aliphatic carbocycles. The lowest BCUT2D eigenvalue weighted by Gasteiger charge is -2.12. The lowest BCUT2D eigenvalue weighted by Crippen LogP contribution is -2.11. The van der Waals surface area contributed by atoms with Gasteiger partial charge in [-0.1, -0.05) is 6.07 Å². The van der Waals surface area contributed by atoms with Gasteiger partial charge in [0, 0.05) is 6.54 Å². The Morgan fingerprint density at radius 1 is 1.10 bits per heavy atom. The predicted molar refractivity (Wildman–Crippen MR) is 71.5 cm³/mol. The van der Waals surface area contributed by atoms with Crippen molar-refractivity contribution in [2.45, 2.75) is 6.54 Å². The summed E-state index contributed by atoms with van der Waals surface area (Å²) in [5.41, 5.74) is 4.98. The minimum atomic E-state index is -1.39. The zero-order chi connectivity index (χ0) is 15.6. The molecule has 0 heterocycles. The Morgan fingerprint density at radius 3 is 2.38 bits per heavy atom. The standard InChI is InChI=1S/C14H11F3N2O2/c15-8-2-1-7(5-10(8)17)6-19-11-4-3-9(16)13(18)12(11)14(20)21/h1-5,19H,6,18H2,(H,20,21). The normalized spacial score (nSPS) is 10.4. The van der Waals surface area contributed by atoms with Crippen LogP contribution in [0.15, 0.2) is 30.3 Å². The average Bonchev–Trinajstić information content (AvgIpc) is 2.43. The van der Waals surface area contributed by atoms with E-state index < -0.39 is 34.7 Å². The zero-order valence-electron chi connectivity index (χ0n) is 10.7. The first-order valence-corrected chi connectivity index (χ1v) is 5.89. The zero-order valence-corrected chi connectivity index (χ0v) is 10.7. The summed E-state index contributed by atoms with van der Waals surface area (Å²) in [4.78, 5) is 11.1. The van der Waals surface area contributed by atoms with Gasteiger partial charge in [0.1, 0.15) is 11.4 Å². The first kappa shape index (κ1) is 14.7. The van der Waals surface area contributed by atoms with E-state index in [2.05, 4.69) is 5.32 Å². The van der Waals surface area contributed by atoms with Crippen molar-refractivity contribution in [3.63, 3.8) is 0 Å². The SMILES string of the molecule is Nc1c(F)ccc(NCc2ccc(F)c(F)c2)c1C(=O)O. The highest BCUT2D eigenvalue weighted by molar-refractivity contribution is 6.00. The van der Waals surface area contributed by atoms with Crippen LogP contribution in [-0.4, -0.2) is 11.1 Å². The summed E-state index contributed by atoms with van der Waals surface area (Å²) >= 11 is 0. The molecule has 110 valence electrons. The highest BCUT2D eigenvalue weighted by atomic mass is 19.2. The fourth-order valence-corrected chi connectivity index (χ4v) is 1.82. The molecular formula is C14H11F3N2O2. The van der Waals surface area contributed by atoms with E-state index in [1.54, 1.807) is 0 Å². The number of nitrogen functional groups attached to an aromatic ring is 1. The number of carboxylic acid groups (broad SMARTS) is 1. The smallest absolute Gasteiger partial charge is 0.340 e. The number of carboxylic acids is 1. The minimum Gasteiger partial charge on any atom is -0.478 e. The highest BCUT2D eigenvalue weighted by Crippen LogP contribution is 2.25. The maximum atomic E-state index is 13.3. The van der Waals surface area contributed by atoms with Crippen LogP contribution in [0, 0.1) is 17.5 Å². The molecule has 7 heteroatoms. The Labute approximate surface area is 118 Å². The second kappa shape index (κ2) is 5.74. The van der Waals surface area contributed by atoms with E-state index in [0.717, 1.165) is 18.2 Å². The van der Waals surface area contributed by atoms with E-state index in [1.165, 1.54) is 12.1 Å². The second-order valence-corrected chi connectivity index (χ2v) is 4.29. The van der Waals surface area contributed by atoms with E-state index >= 15 is 0 Å². The molecule has 0 unspecified atom stereocenters. The molecule has 0 fully saturated rings. The molecule has 2 aromatic carbocycles. The van der Waals surface area contributed by atoms with Crippen molar-refractivity contribution in [1.29, 1.82) is 0 Å². The number of hydrogen-bond donors (Lipinski definition) is 3. The van der Waals surface area contributed by atoms with E-state index in [1.807, 2.05) is 0 Å². The van der Waals surface area contributed by atoms with E-state index in [4.69, 9.17) is 10.8 Å². The fourth-order valence-electron chi connectivity index (χ4n) is 1.82. The fraction of sp³-hybridized carbons (Fsp3) is 0.0714. The molecule has 4 nitrogen and oxygen atoms in total. The van der Waals surface area contributed by atoms with Crippen LogP contribution in [0.2, 0.25) is 0 Å². The number of nitrogens with one attached hydrogen (secondary N) is 1. The summed E-state index contributed by atoms with van der Waals surface area (Å²) in [6, 6.07) is 5.53. The van der Waals surface area contributed by atoms with Gasteiger partial charge in [0.25, 0.3) is 0 Å². The predicted octanol–water partition coefficient (Wildman–Crippen LogP) is 3.00.